The molecule has 0 aliphatic rings. The number of benzene rings is 6. The average Bonchev–Trinajstić information content (AvgIpc) is 3.43. The minimum Gasteiger partial charge on any atom is -0.485 e. The van der Waals surface area contributed by atoms with Gasteiger partial charge < -0.3 is 49.9 Å². The first-order chi connectivity index (χ1) is 36.9. The van der Waals surface area contributed by atoms with Gasteiger partial charge in [0.05, 0.1) is 11.1 Å². The molecule has 0 radical (unpaired) electrons. The molecule has 4 N–H and O–H groups in total. The van der Waals surface area contributed by atoms with E-state index in [1.165, 1.54) is 0 Å². The molecule has 6 rings (SSSR count). The highest BCUT2D eigenvalue weighted by atomic mass is 16.6. The predicted octanol–water partition coefficient (Wildman–Crippen LogP) is 9.97. The summed E-state index contributed by atoms with van der Waals surface area (Å²) in [6, 6.07) is 49.3. The predicted molar refractivity (Wildman–Crippen MR) is 292 cm³/mol. The second kappa shape index (κ2) is 30.8. The average molecular weight is 1030 g/mol. The maximum atomic E-state index is 13.9. The van der Waals surface area contributed by atoms with Gasteiger partial charge in [-0.05, 0) is 93.0 Å². The number of alkyl carbamates (subject to hydrolysis) is 1. The number of unbranched alkanes of at least 4 members (excludes halogenated alkanes) is 1. The Hall–Kier alpha value is -8.33. The lowest BCUT2D eigenvalue weighted by Gasteiger charge is -2.23. The molecule has 0 heterocycles. The Kier molecular flexibility index (Phi) is 23.1. The summed E-state index contributed by atoms with van der Waals surface area (Å²) < 4.78 is 30.2. The minimum absolute atomic E-state index is 0.0289. The Balaban J connectivity index is 1.05. The quantitative estimate of drug-likeness (QED) is 0.0317. The van der Waals surface area contributed by atoms with Gasteiger partial charge in [-0.1, -0.05) is 133 Å². The van der Waals surface area contributed by atoms with Gasteiger partial charge in [0.1, 0.15) is 32.0 Å². The Morgan fingerprint density at radius 2 is 0.829 bits per heavy atom. The number of ether oxygens (including phenoxy) is 5. The van der Waals surface area contributed by atoms with Gasteiger partial charge >= 0.3 is 6.09 Å². The van der Waals surface area contributed by atoms with Gasteiger partial charge in [0.15, 0.2) is 23.0 Å². The van der Waals surface area contributed by atoms with Crippen molar-refractivity contribution in [2.45, 2.75) is 91.3 Å². The van der Waals surface area contributed by atoms with Crippen molar-refractivity contribution in [3.05, 3.63) is 191 Å². The highest BCUT2D eigenvalue weighted by Gasteiger charge is 2.22. The Morgan fingerprint density at radius 1 is 0.421 bits per heavy atom. The number of nitrogens with one attached hydrogen (secondary N) is 4. The molecule has 6 aromatic carbocycles. The Bertz CT molecular complexity index is 2740. The zero-order valence-electron chi connectivity index (χ0n) is 43.9. The minimum atomic E-state index is -0.619. The molecule has 5 amide bonds. The van der Waals surface area contributed by atoms with E-state index in [1.807, 2.05) is 121 Å². The first-order valence-electron chi connectivity index (χ1n) is 25.9. The molecule has 0 aromatic heterocycles. The second-order valence-corrected chi connectivity index (χ2v) is 18.9. The fourth-order valence-electron chi connectivity index (χ4n) is 7.79. The molecule has 6 aromatic rings. The summed E-state index contributed by atoms with van der Waals surface area (Å²) in [7, 11) is 0. The molecule has 0 unspecified atom stereocenters. The molecule has 76 heavy (non-hydrogen) atoms. The molecule has 0 fully saturated rings. The van der Waals surface area contributed by atoms with Crippen LogP contribution in [-0.2, 0) is 40.8 Å². The molecular weight excluding hydrogens is 963 g/mol. The van der Waals surface area contributed by atoms with Crippen LogP contribution < -0.4 is 40.2 Å². The molecule has 15 nitrogen and oxygen atoms in total. The number of carbonyl (C=O) groups is 5. The third-order valence-electron chi connectivity index (χ3n) is 11.7. The number of para-hydroxylation sites is 2. The van der Waals surface area contributed by atoms with E-state index in [2.05, 4.69) is 21.3 Å². The van der Waals surface area contributed by atoms with Crippen LogP contribution in [-0.4, -0.2) is 79.5 Å². The SMILES string of the molecule is CC(C)(C)OC(=O)NCCCNC(=O)CCC(=O)N(CCCCNC(=O)c1cccc(OCc2ccccc2)c1OCc1ccccc1)CCCNC(=O)c1cccc(OCc2ccccc2)c1OCc1ccccc1. The van der Waals surface area contributed by atoms with Crippen molar-refractivity contribution in [2.75, 3.05) is 39.3 Å². The topological polar surface area (TPSA) is 183 Å². The molecule has 15 heteroatoms. The van der Waals surface area contributed by atoms with Crippen LogP contribution >= 0.6 is 0 Å². The molecule has 0 aliphatic heterocycles. The van der Waals surface area contributed by atoms with E-state index in [9.17, 15) is 24.0 Å². The summed E-state index contributed by atoms with van der Waals surface area (Å²) in [5.41, 5.74) is 3.82. The second-order valence-electron chi connectivity index (χ2n) is 18.9. The number of rotatable bonds is 30. The molecule has 400 valence electrons. The molecule has 0 aliphatic carbocycles. The van der Waals surface area contributed by atoms with E-state index in [0.29, 0.717) is 99.1 Å². The van der Waals surface area contributed by atoms with Gasteiger partial charge in [0, 0.05) is 52.1 Å². The fourth-order valence-corrected chi connectivity index (χ4v) is 7.79. The van der Waals surface area contributed by atoms with E-state index in [-0.39, 0.29) is 62.8 Å². The lowest BCUT2D eigenvalue weighted by molar-refractivity contribution is -0.133. The van der Waals surface area contributed by atoms with E-state index in [0.717, 1.165) is 22.3 Å². The van der Waals surface area contributed by atoms with Gasteiger partial charge in [0.2, 0.25) is 11.8 Å². The first-order valence-corrected chi connectivity index (χ1v) is 25.9. The van der Waals surface area contributed by atoms with E-state index >= 15 is 0 Å². The van der Waals surface area contributed by atoms with E-state index < -0.39 is 11.7 Å². The van der Waals surface area contributed by atoms with Crippen molar-refractivity contribution in [1.29, 1.82) is 0 Å². The molecule has 0 bridgehead atoms. The number of nitrogens with zero attached hydrogens (tertiary/aromatic N) is 1. The van der Waals surface area contributed by atoms with E-state index in [1.54, 1.807) is 62.1 Å². The lowest BCUT2D eigenvalue weighted by atomic mass is 10.1. The summed E-state index contributed by atoms with van der Waals surface area (Å²) in [4.78, 5) is 68.0. The summed E-state index contributed by atoms with van der Waals surface area (Å²) in [5, 5.41) is 11.5. The van der Waals surface area contributed by atoms with Crippen molar-refractivity contribution >= 4 is 29.7 Å². The van der Waals surface area contributed by atoms with Gasteiger partial charge in [-0.25, -0.2) is 4.79 Å². The van der Waals surface area contributed by atoms with Gasteiger partial charge in [-0.3, -0.25) is 19.2 Å². The van der Waals surface area contributed by atoms with Crippen LogP contribution in [0.3, 0.4) is 0 Å². The lowest BCUT2D eigenvalue weighted by Crippen LogP contribution is -2.37. The van der Waals surface area contributed by atoms with Gasteiger partial charge in [-0.15, -0.1) is 0 Å². The molecular formula is C61H71N5O10. The van der Waals surface area contributed by atoms with Crippen LogP contribution in [0.4, 0.5) is 4.79 Å². The highest BCUT2D eigenvalue weighted by Crippen LogP contribution is 2.34. The van der Waals surface area contributed by atoms with Crippen molar-refractivity contribution < 1.29 is 47.7 Å². The van der Waals surface area contributed by atoms with Crippen molar-refractivity contribution in [2.24, 2.45) is 0 Å². The molecule has 0 spiro atoms. The molecule has 0 saturated heterocycles. The van der Waals surface area contributed by atoms with Crippen LogP contribution in [0.2, 0.25) is 0 Å². The third-order valence-corrected chi connectivity index (χ3v) is 11.7. The number of amides is 5. The maximum Gasteiger partial charge on any atom is 0.407 e. The maximum absolute atomic E-state index is 13.9. The van der Waals surface area contributed by atoms with Crippen LogP contribution in [0.15, 0.2) is 158 Å². The molecule has 0 saturated carbocycles. The van der Waals surface area contributed by atoms with Gasteiger partial charge in [0.25, 0.3) is 11.8 Å². The zero-order valence-corrected chi connectivity index (χ0v) is 43.9. The van der Waals surface area contributed by atoms with Crippen LogP contribution in [0.1, 0.15) is 102 Å². The summed E-state index contributed by atoms with van der Waals surface area (Å²) in [6.07, 6.45) is 1.40. The Morgan fingerprint density at radius 3 is 1.29 bits per heavy atom. The summed E-state index contributed by atoms with van der Waals surface area (Å²) in [5.74, 6) is 0.338. The van der Waals surface area contributed by atoms with Crippen LogP contribution in [0.25, 0.3) is 0 Å². The van der Waals surface area contributed by atoms with Crippen molar-refractivity contribution in [3.63, 3.8) is 0 Å². The largest absolute Gasteiger partial charge is 0.485 e. The van der Waals surface area contributed by atoms with Crippen molar-refractivity contribution in [3.8, 4) is 23.0 Å². The molecule has 0 atom stereocenters. The number of hydrogen-bond donors (Lipinski definition) is 4. The van der Waals surface area contributed by atoms with E-state index in [4.69, 9.17) is 23.7 Å². The van der Waals surface area contributed by atoms with Crippen LogP contribution in [0, 0.1) is 0 Å². The fraction of sp³-hybridized carbons (Fsp3) is 0.328. The standard InChI is InChI=1S/C61H71N5O10/c1-61(2,3)76-60(71)65-38-20-37-62-54(67)34-35-55(68)66(41-21-39-64-59(70)51-31-19-33-53(73-43-47-24-10-5-11-25-47)57(51)75-45-49-28-14-7-15-29-49)40-17-16-36-63-58(69)50-30-18-32-52(72-42-46-22-8-4-9-23-46)56(50)74-44-48-26-12-6-13-27-48/h4-15,18-19,22-33H,16-17,20-21,34-45H2,1-3H3,(H,62,67)(H,63,69)(H,64,70)(H,65,71). The smallest absolute Gasteiger partial charge is 0.407 e. The van der Waals surface area contributed by atoms with Crippen LogP contribution in [0.5, 0.6) is 23.0 Å². The summed E-state index contributed by atoms with van der Waals surface area (Å²) >= 11 is 0. The monoisotopic (exact) mass is 1030 g/mol. The third kappa shape index (κ3) is 20.2. The normalized spacial score (nSPS) is 10.9. The van der Waals surface area contributed by atoms with Crippen molar-refractivity contribution in [1.82, 2.24) is 26.2 Å². The number of carbonyl (C=O) groups excluding carboxylic acids is 5. The van der Waals surface area contributed by atoms with Gasteiger partial charge in [-0.2, -0.15) is 0 Å². The highest BCUT2D eigenvalue weighted by molar-refractivity contribution is 5.98. The summed E-state index contributed by atoms with van der Waals surface area (Å²) in [6.45, 7) is 8.21. The zero-order chi connectivity index (χ0) is 53.8. The Labute approximate surface area is 446 Å². The first kappa shape index (κ1) is 57.0. The number of hydrogen-bond acceptors (Lipinski definition) is 10.